The summed E-state index contributed by atoms with van der Waals surface area (Å²) in [6, 6.07) is 11.9. The largest absolute Gasteiger partial charge is 0.382 e. The maximum absolute atomic E-state index is 5.54. The minimum Gasteiger partial charge on any atom is -0.382 e. The van der Waals surface area contributed by atoms with Gasteiger partial charge in [0.15, 0.2) is 0 Å². The van der Waals surface area contributed by atoms with Crippen LogP contribution in [0.5, 0.6) is 0 Å². The molecular formula is C13H12N4. The van der Waals surface area contributed by atoms with E-state index in [1.54, 1.807) is 6.07 Å². The van der Waals surface area contributed by atoms with Crippen LogP contribution in [0.2, 0.25) is 0 Å². The third-order valence-electron chi connectivity index (χ3n) is 2.86. The highest BCUT2D eigenvalue weighted by Gasteiger charge is 2.09. The van der Waals surface area contributed by atoms with Crippen LogP contribution in [0.25, 0.3) is 22.2 Å². The Morgan fingerprint density at radius 2 is 1.88 bits per heavy atom. The van der Waals surface area contributed by atoms with Crippen molar-refractivity contribution < 1.29 is 0 Å². The van der Waals surface area contributed by atoms with Gasteiger partial charge in [-0.3, -0.25) is 0 Å². The van der Waals surface area contributed by atoms with Crippen molar-refractivity contribution in [1.82, 2.24) is 14.8 Å². The van der Waals surface area contributed by atoms with Crippen LogP contribution >= 0.6 is 0 Å². The lowest BCUT2D eigenvalue weighted by Crippen LogP contribution is -1.93. The molecule has 3 aromatic rings. The molecule has 0 fully saturated rings. The number of hydrogen-bond acceptors (Lipinski definition) is 3. The molecule has 0 amide bonds. The van der Waals surface area contributed by atoms with Crippen LogP contribution in [0.1, 0.15) is 0 Å². The molecule has 0 atom stereocenters. The van der Waals surface area contributed by atoms with Crippen molar-refractivity contribution in [1.29, 1.82) is 0 Å². The molecule has 1 aromatic carbocycles. The smallest absolute Gasteiger partial charge is 0.146 e. The summed E-state index contributed by atoms with van der Waals surface area (Å²) in [5, 5.41) is 9.19. The molecule has 0 aliphatic carbocycles. The number of nitrogens with two attached hydrogens (primary N) is 1. The summed E-state index contributed by atoms with van der Waals surface area (Å²) in [5.41, 5.74) is 8.65. The van der Waals surface area contributed by atoms with Gasteiger partial charge in [-0.25, -0.2) is 0 Å². The maximum Gasteiger partial charge on any atom is 0.146 e. The van der Waals surface area contributed by atoms with Gasteiger partial charge < -0.3 is 10.3 Å². The zero-order valence-electron chi connectivity index (χ0n) is 9.46. The van der Waals surface area contributed by atoms with Gasteiger partial charge in [-0.05, 0) is 18.2 Å². The highest BCUT2D eigenvalue weighted by molar-refractivity contribution is 5.95. The zero-order chi connectivity index (χ0) is 11.8. The van der Waals surface area contributed by atoms with Gasteiger partial charge in [-0.2, -0.15) is 0 Å². The Labute approximate surface area is 98.7 Å². The van der Waals surface area contributed by atoms with E-state index in [9.17, 15) is 0 Å². The second-order valence-corrected chi connectivity index (χ2v) is 4.01. The van der Waals surface area contributed by atoms with Crippen molar-refractivity contribution in [3.63, 3.8) is 0 Å². The SMILES string of the molecule is Cn1cc(-c2ccc(N)nn2)c2ccccc21. The van der Waals surface area contributed by atoms with Crippen LogP contribution in [0, 0.1) is 0 Å². The predicted octanol–water partition coefficient (Wildman–Crippen LogP) is 2.22. The highest BCUT2D eigenvalue weighted by atomic mass is 15.1. The van der Waals surface area contributed by atoms with Crippen molar-refractivity contribution >= 4 is 16.7 Å². The summed E-state index contributed by atoms with van der Waals surface area (Å²) in [6.45, 7) is 0. The van der Waals surface area contributed by atoms with Crippen molar-refractivity contribution in [2.24, 2.45) is 7.05 Å². The predicted molar refractivity (Wildman–Crippen MR) is 68.4 cm³/mol. The van der Waals surface area contributed by atoms with Crippen LogP contribution in [-0.2, 0) is 7.05 Å². The Hall–Kier alpha value is -2.36. The molecule has 2 N–H and O–H groups in total. The molecule has 84 valence electrons. The number of fused-ring (bicyclic) bond motifs is 1. The molecule has 3 rings (SSSR count). The molecule has 0 aliphatic rings. The average Bonchev–Trinajstić information content (AvgIpc) is 2.69. The van der Waals surface area contributed by atoms with E-state index in [0.29, 0.717) is 5.82 Å². The van der Waals surface area contributed by atoms with E-state index in [1.165, 1.54) is 10.9 Å². The standard InChI is InChI=1S/C13H12N4/c1-17-8-10(9-4-2-3-5-12(9)17)11-6-7-13(14)16-15-11/h2-8H,1H3,(H2,14,16). The Morgan fingerprint density at radius 3 is 2.65 bits per heavy atom. The molecule has 17 heavy (non-hydrogen) atoms. The van der Waals surface area contributed by atoms with Crippen LogP contribution in [-0.4, -0.2) is 14.8 Å². The number of aromatic nitrogens is 3. The molecule has 0 spiro atoms. The Balaban J connectivity index is 2.27. The molecule has 0 radical (unpaired) electrons. The first kappa shape index (κ1) is 9.84. The third-order valence-corrected chi connectivity index (χ3v) is 2.86. The van der Waals surface area contributed by atoms with Crippen LogP contribution in [0.3, 0.4) is 0 Å². The van der Waals surface area contributed by atoms with Gasteiger partial charge in [0, 0.05) is 29.7 Å². The fourth-order valence-corrected chi connectivity index (χ4v) is 2.03. The van der Waals surface area contributed by atoms with E-state index in [0.717, 1.165) is 11.3 Å². The number of benzene rings is 1. The van der Waals surface area contributed by atoms with Gasteiger partial charge in [0.1, 0.15) is 5.82 Å². The van der Waals surface area contributed by atoms with Crippen molar-refractivity contribution in [3.05, 3.63) is 42.6 Å². The van der Waals surface area contributed by atoms with E-state index >= 15 is 0 Å². The third kappa shape index (κ3) is 1.54. The first-order valence-corrected chi connectivity index (χ1v) is 5.39. The van der Waals surface area contributed by atoms with E-state index in [2.05, 4.69) is 33.1 Å². The molecule has 2 heterocycles. The summed E-state index contributed by atoms with van der Waals surface area (Å²) in [7, 11) is 2.02. The first-order chi connectivity index (χ1) is 8.25. The number of aryl methyl sites for hydroxylation is 1. The fraction of sp³-hybridized carbons (Fsp3) is 0.0769. The number of nitrogens with zero attached hydrogens (tertiary/aromatic N) is 3. The molecule has 0 bridgehead atoms. The molecule has 0 aliphatic heterocycles. The summed E-state index contributed by atoms with van der Waals surface area (Å²) in [6.07, 6.45) is 2.06. The van der Waals surface area contributed by atoms with Gasteiger partial charge >= 0.3 is 0 Å². The van der Waals surface area contributed by atoms with Crippen LogP contribution < -0.4 is 5.73 Å². The highest BCUT2D eigenvalue weighted by Crippen LogP contribution is 2.28. The topological polar surface area (TPSA) is 56.7 Å². The van der Waals surface area contributed by atoms with Crippen molar-refractivity contribution in [3.8, 4) is 11.3 Å². The minimum atomic E-state index is 0.439. The van der Waals surface area contributed by atoms with Crippen molar-refractivity contribution in [2.75, 3.05) is 5.73 Å². The second-order valence-electron chi connectivity index (χ2n) is 4.01. The van der Waals surface area contributed by atoms with Gasteiger partial charge in [-0.15, -0.1) is 10.2 Å². The van der Waals surface area contributed by atoms with E-state index < -0.39 is 0 Å². The maximum atomic E-state index is 5.54. The van der Waals surface area contributed by atoms with Gasteiger partial charge in [-0.1, -0.05) is 18.2 Å². The molecular weight excluding hydrogens is 212 g/mol. The van der Waals surface area contributed by atoms with Gasteiger partial charge in [0.25, 0.3) is 0 Å². The minimum absolute atomic E-state index is 0.439. The second kappa shape index (κ2) is 3.59. The first-order valence-electron chi connectivity index (χ1n) is 5.39. The number of para-hydroxylation sites is 1. The number of nitrogen functional groups attached to an aromatic ring is 1. The zero-order valence-corrected chi connectivity index (χ0v) is 9.46. The molecule has 0 saturated carbocycles. The lowest BCUT2D eigenvalue weighted by Gasteiger charge is -1.97. The summed E-state index contributed by atoms with van der Waals surface area (Å²) in [5.74, 6) is 0.439. The normalized spacial score (nSPS) is 10.9. The van der Waals surface area contributed by atoms with E-state index in [1.807, 2.05) is 25.2 Å². The van der Waals surface area contributed by atoms with Crippen LogP contribution in [0.4, 0.5) is 5.82 Å². The average molecular weight is 224 g/mol. The fourth-order valence-electron chi connectivity index (χ4n) is 2.03. The molecule has 4 heteroatoms. The monoisotopic (exact) mass is 224 g/mol. The van der Waals surface area contributed by atoms with Crippen LogP contribution in [0.15, 0.2) is 42.6 Å². The lowest BCUT2D eigenvalue weighted by molar-refractivity contribution is 0.967. The molecule has 4 nitrogen and oxygen atoms in total. The molecule has 2 aromatic heterocycles. The van der Waals surface area contributed by atoms with E-state index in [4.69, 9.17) is 5.73 Å². The number of rotatable bonds is 1. The lowest BCUT2D eigenvalue weighted by atomic mass is 10.1. The Bertz CT molecular complexity index is 667. The summed E-state index contributed by atoms with van der Waals surface area (Å²) < 4.78 is 2.09. The summed E-state index contributed by atoms with van der Waals surface area (Å²) >= 11 is 0. The quantitative estimate of drug-likeness (QED) is 0.689. The van der Waals surface area contributed by atoms with Gasteiger partial charge in [0.2, 0.25) is 0 Å². The molecule has 0 unspecified atom stereocenters. The van der Waals surface area contributed by atoms with E-state index in [-0.39, 0.29) is 0 Å². The van der Waals surface area contributed by atoms with Crippen molar-refractivity contribution in [2.45, 2.75) is 0 Å². The van der Waals surface area contributed by atoms with Gasteiger partial charge in [0.05, 0.1) is 5.69 Å². The summed E-state index contributed by atoms with van der Waals surface area (Å²) in [4.78, 5) is 0. The number of hydrogen-bond donors (Lipinski definition) is 1. The Kier molecular flexibility index (Phi) is 2.08. The Morgan fingerprint density at radius 1 is 1.06 bits per heavy atom. The number of anilines is 1. The molecule has 0 saturated heterocycles.